The van der Waals surface area contributed by atoms with Crippen molar-refractivity contribution in [3.8, 4) is 0 Å². The highest BCUT2D eigenvalue weighted by Gasteiger charge is 2.27. The lowest BCUT2D eigenvalue weighted by atomic mass is 9.95. The number of aromatic nitrogens is 2. The number of nitrogens with zero attached hydrogens (tertiary/aromatic N) is 3. The van der Waals surface area contributed by atoms with Gasteiger partial charge in [-0.15, -0.1) is 0 Å². The fourth-order valence-corrected chi connectivity index (χ4v) is 2.69. The molecule has 1 saturated heterocycles. The molecule has 4 nitrogen and oxygen atoms in total. The third kappa shape index (κ3) is 2.42. The van der Waals surface area contributed by atoms with Crippen LogP contribution >= 0.6 is 0 Å². The number of aryl methyl sites for hydroxylation is 1. The summed E-state index contributed by atoms with van der Waals surface area (Å²) in [4.78, 5) is 11.5. The highest BCUT2D eigenvalue weighted by molar-refractivity contribution is 5.58. The molecule has 4 heteroatoms. The Morgan fingerprint density at radius 2 is 2.00 bits per heavy atom. The summed E-state index contributed by atoms with van der Waals surface area (Å²) in [5.41, 5.74) is 1.16. The summed E-state index contributed by atoms with van der Waals surface area (Å²) in [6, 6.07) is 0. The van der Waals surface area contributed by atoms with Crippen molar-refractivity contribution in [1.29, 1.82) is 0 Å². The van der Waals surface area contributed by atoms with E-state index in [4.69, 9.17) is 0 Å². The van der Waals surface area contributed by atoms with Gasteiger partial charge in [0.1, 0.15) is 17.5 Å². The van der Waals surface area contributed by atoms with Crippen LogP contribution in [0.25, 0.3) is 0 Å². The van der Waals surface area contributed by atoms with Crippen molar-refractivity contribution in [2.45, 2.75) is 34.1 Å². The highest BCUT2D eigenvalue weighted by Crippen LogP contribution is 2.30. The third-order valence-corrected chi connectivity index (χ3v) is 3.94. The molecule has 0 aromatic carbocycles. The second-order valence-corrected chi connectivity index (χ2v) is 5.56. The first-order valence-corrected chi connectivity index (χ1v) is 6.81. The molecular weight excluding hydrogens is 224 g/mol. The van der Waals surface area contributed by atoms with Crippen LogP contribution in [0, 0.1) is 25.7 Å². The molecule has 2 rings (SSSR count). The van der Waals surface area contributed by atoms with Crippen molar-refractivity contribution >= 4 is 11.6 Å². The SMILES string of the molecule is CNc1nc(C)nc(N2CCC(C(C)C)C2)c1C. The standard InChI is InChI=1S/C14H24N4/c1-9(2)12-6-7-18(8-12)14-10(3)13(15-5)16-11(4)17-14/h9,12H,6-8H2,1-5H3,(H,15,16,17). The molecule has 1 unspecified atom stereocenters. The number of hydrogen-bond acceptors (Lipinski definition) is 4. The van der Waals surface area contributed by atoms with Gasteiger partial charge in [0.2, 0.25) is 0 Å². The first-order chi connectivity index (χ1) is 8.52. The maximum Gasteiger partial charge on any atom is 0.137 e. The molecule has 1 N–H and O–H groups in total. The summed E-state index contributed by atoms with van der Waals surface area (Å²) in [6.45, 7) is 10.9. The molecule has 0 aliphatic carbocycles. The Morgan fingerprint density at radius 3 is 2.56 bits per heavy atom. The summed E-state index contributed by atoms with van der Waals surface area (Å²) in [5.74, 6) is 4.44. The van der Waals surface area contributed by atoms with Crippen LogP contribution in [-0.2, 0) is 0 Å². The van der Waals surface area contributed by atoms with Gasteiger partial charge in [-0.2, -0.15) is 0 Å². The van der Waals surface area contributed by atoms with Gasteiger partial charge in [0.25, 0.3) is 0 Å². The summed E-state index contributed by atoms with van der Waals surface area (Å²) in [5, 5.41) is 3.16. The van der Waals surface area contributed by atoms with Gasteiger partial charge >= 0.3 is 0 Å². The number of anilines is 2. The average Bonchev–Trinajstić information content (AvgIpc) is 2.81. The minimum atomic E-state index is 0.752. The van der Waals surface area contributed by atoms with E-state index in [1.165, 1.54) is 6.42 Å². The zero-order chi connectivity index (χ0) is 13.3. The zero-order valence-corrected chi connectivity index (χ0v) is 12.1. The molecule has 1 fully saturated rings. The number of hydrogen-bond donors (Lipinski definition) is 1. The summed E-state index contributed by atoms with van der Waals surface area (Å²) in [7, 11) is 1.92. The Labute approximate surface area is 110 Å². The van der Waals surface area contributed by atoms with Crippen LogP contribution < -0.4 is 10.2 Å². The van der Waals surface area contributed by atoms with Crippen molar-refractivity contribution < 1.29 is 0 Å². The molecule has 0 saturated carbocycles. The first kappa shape index (κ1) is 13.1. The fraction of sp³-hybridized carbons (Fsp3) is 0.714. The van der Waals surface area contributed by atoms with Crippen LogP contribution in [0.1, 0.15) is 31.7 Å². The molecule has 0 radical (unpaired) electrons. The number of rotatable bonds is 3. The van der Waals surface area contributed by atoms with E-state index in [1.807, 2.05) is 14.0 Å². The summed E-state index contributed by atoms with van der Waals surface area (Å²) < 4.78 is 0. The smallest absolute Gasteiger partial charge is 0.137 e. The summed E-state index contributed by atoms with van der Waals surface area (Å²) >= 11 is 0. The van der Waals surface area contributed by atoms with Gasteiger partial charge in [0.15, 0.2) is 0 Å². The highest BCUT2D eigenvalue weighted by atomic mass is 15.2. The Hall–Kier alpha value is -1.32. The van der Waals surface area contributed by atoms with Crippen molar-refractivity contribution in [3.63, 3.8) is 0 Å². The van der Waals surface area contributed by atoms with Crippen molar-refractivity contribution in [2.24, 2.45) is 11.8 Å². The van der Waals surface area contributed by atoms with Crippen LogP contribution in [0.2, 0.25) is 0 Å². The molecule has 100 valence electrons. The predicted octanol–water partition coefficient (Wildman–Crippen LogP) is 2.62. The second kappa shape index (κ2) is 5.12. The molecule has 1 aromatic heterocycles. The average molecular weight is 248 g/mol. The molecule has 0 amide bonds. The Bertz CT molecular complexity index is 428. The lowest BCUT2D eigenvalue weighted by molar-refractivity contribution is 0.422. The molecule has 18 heavy (non-hydrogen) atoms. The maximum absolute atomic E-state index is 4.63. The van der Waals surface area contributed by atoms with E-state index >= 15 is 0 Å². The molecular formula is C14H24N4. The normalized spacial score (nSPS) is 19.7. The molecule has 0 spiro atoms. The van der Waals surface area contributed by atoms with E-state index in [0.717, 1.165) is 47.9 Å². The molecule has 2 heterocycles. The monoisotopic (exact) mass is 248 g/mol. The van der Waals surface area contributed by atoms with E-state index in [0.29, 0.717) is 0 Å². The van der Waals surface area contributed by atoms with E-state index in [1.54, 1.807) is 0 Å². The minimum Gasteiger partial charge on any atom is -0.373 e. The largest absolute Gasteiger partial charge is 0.373 e. The van der Waals surface area contributed by atoms with Crippen LogP contribution in [0.15, 0.2) is 0 Å². The lowest BCUT2D eigenvalue weighted by Gasteiger charge is -2.22. The van der Waals surface area contributed by atoms with Crippen molar-refractivity contribution in [2.75, 3.05) is 30.4 Å². The number of nitrogens with one attached hydrogen (secondary N) is 1. The van der Waals surface area contributed by atoms with Crippen molar-refractivity contribution in [1.82, 2.24) is 9.97 Å². The van der Waals surface area contributed by atoms with Crippen molar-refractivity contribution in [3.05, 3.63) is 11.4 Å². The molecule has 1 aromatic rings. The summed E-state index contributed by atoms with van der Waals surface area (Å²) in [6.07, 6.45) is 1.27. The third-order valence-electron chi connectivity index (χ3n) is 3.94. The van der Waals surface area contributed by atoms with Gasteiger partial charge in [-0.05, 0) is 32.1 Å². The zero-order valence-electron chi connectivity index (χ0n) is 12.1. The van der Waals surface area contributed by atoms with E-state index in [9.17, 15) is 0 Å². The van der Waals surface area contributed by atoms with E-state index in [2.05, 4.69) is 41.0 Å². The van der Waals surface area contributed by atoms with Gasteiger partial charge in [-0.1, -0.05) is 13.8 Å². The van der Waals surface area contributed by atoms with E-state index in [-0.39, 0.29) is 0 Å². The molecule has 0 bridgehead atoms. The van der Waals surface area contributed by atoms with Gasteiger partial charge in [-0.3, -0.25) is 0 Å². The predicted molar refractivity (Wildman–Crippen MR) is 76.2 cm³/mol. The Balaban J connectivity index is 2.26. The van der Waals surface area contributed by atoms with Gasteiger partial charge < -0.3 is 10.2 Å². The van der Waals surface area contributed by atoms with E-state index < -0.39 is 0 Å². The van der Waals surface area contributed by atoms with Crippen LogP contribution in [0.3, 0.4) is 0 Å². The topological polar surface area (TPSA) is 41.1 Å². The molecule has 1 aliphatic rings. The Kier molecular flexibility index (Phi) is 3.73. The molecule has 1 atom stereocenters. The Morgan fingerprint density at radius 1 is 1.28 bits per heavy atom. The second-order valence-electron chi connectivity index (χ2n) is 5.56. The lowest BCUT2D eigenvalue weighted by Crippen LogP contribution is -2.24. The quantitative estimate of drug-likeness (QED) is 0.892. The molecule has 1 aliphatic heterocycles. The van der Waals surface area contributed by atoms with Crippen LogP contribution in [0.5, 0.6) is 0 Å². The minimum absolute atomic E-state index is 0.752. The van der Waals surface area contributed by atoms with Crippen LogP contribution in [0.4, 0.5) is 11.6 Å². The first-order valence-electron chi connectivity index (χ1n) is 6.81. The van der Waals surface area contributed by atoms with Gasteiger partial charge in [-0.25, -0.2) is 9.97 Å². The van der Waals surface area contributed by atoms with Crippen LogP contribution in [-0.4, -0.2) is 30.1 Å². The fourth-order valence-electron chi connectivity index (χ4n) is 2.69. The van der Waals surface area contributed by atoms with Gasteiger partial charge in [0, 0.05) is 25.7 Å². The maximum atomic E-state index is 4.63. The van der Waals surface area contributed by atoms with Gasteiger partial charge in [0.05, 0.1) is 0 Å².